The van der Waals surface area contributed by atoms with Gasteiger partial charge in [-0.15, -0.1) is 0 Å². The molecule has 1 heterocycles. The molecule has 0 atom stereocenters. The maximum Gasteiger partial charge on any atom is 0.295 e. The molecule has 0 spiro atoms. The van der Waals surface area contributed by atoms with Crippen molar-refractivity contribution in [2.45, 2.75) is 52.9 Å². The summed E-state index contributed by atoms with van der Waals surface area (Å²) < 4.78 is 4.74. The van der Waals surface area contributed by atoms with Crippen LogP contribution in [0, 0.1) is 6.92 Å². The average molecular weight is 398 g/mol. The number of hydrogen-bond acceptors (Lipinski definition) is 0. The summed E-state index contributed by atoms with van der Waals surface area (Å²) in [5.41, 5.74) is 9.12. The third-order valence-corrected chi connectivity index (χ3v) is 6.17. The van der Waals surface area contributed by atoms with E-state index in [2.05, 4.69) is 124 Å². The van der Waals surface area contributed by atoms with Crippen molar-refractivity contribution in [1.29, 1.82) is 0 Å². The molecule has 1 aromatic heterocycles. The third-order valence-electron chi connectivity index (χ3n) is 6.17. The van der Waals surface area contributed by atoms with Gasteiger partial charge in [0, 0.05) is 0 Å². The molecule has 2 nitrogen and oxygen atoms in total. The van der Waals surface area contributed by atoms with Crippen molar-refractivity contribution < 1.29 is 4.57 Å². The van der Waals surface area contributed by atoms with Crippen molar-refractivity contribution >= 4 is 11.0 Å². The molecular weight excluding hydrogens is 364 g/mol. The van der Waals surface area contributed by atoms with Crippen molar-refractivity contribution in [2.24, 2.45) is 7.05 Å². The lowest BCUT2D eigenvalue weighted by Crippen LogP contribution is -2.30. The summed E-state index contributed by atoms with van der Waals surface area (Å²) in [4.78, 5) is 0. The molecule has 0 aliphatic heterocycles. The number of nitrogens with zero attached hydrogens (tertiary/aromatic N) is 2. The Balaban J connectivity index is 2.03. The highest BCUT2D eigenvalue weighted by atomic mass is 15.2. The molecule has 0 bridgehead atoms. The quantitative estimate of drug-likeness (QED) is 0.334. The Kier molecular flexibility index (Phi) is 5.05. The summed E-state index contributed by atoms with van der Waals surface area (Å²) in [6.07, 6.45) is 0. The SMILES string of the molecule is Cc1ccc(C(C)C)cc1-c1n(-c2ccc(C(C)(C)C)cc2)c2ccccc2[n+]1C. The van der Waals surface area contributed by atoms with E-state index in [0.717, 1.165) is 0 Å². The highest BCUT2D eigenvalue weighted by molar-refractivity contribution is 5.79. The molecule has 0 unspecified atom stereocenters. The van der Waals surface area contributed by atoms with Crippen LogP contribution in [-0.2, 0) is 12.5 Å². The van der Waals surface area contributed by atoms with Gasteiger partial charge >= 0.3 is 0 Å². The summed E-state index contributed by atoms with van der Waals surface area (Å²) in [5.74, 6) is 1.72. The first-order valence-corrected chi connectivity index (χ1v) is 10.9. The van der Waals surface area contributed by atoms with Gasteiger partial charge in [0.1, 0.15) is 5.69 Å². The molecule has 3 aromatic carbocycles. The summed E-state index contributed by atoms with van der Waals surface area (Å²) in [6.45, 7) is 13.5. The van der Waals surface area contributed by atoms with Crippen molar-refractivity contribution in [3.05, 3.63) is 83.4 Å². The number of imidazole rings is 1. The van der Waals surface area contributed by atoms with Gasteiger partial charge in [0.2, 0.25) is 0 Å². The van der Waals surface area contributed by atoms with Crippen LogP contribution in [0.15, 0.2) is 66.7 Å². The van der Waals surface area contributed by atoms with Crippen LogP contribution in [0.1, 0.15) is 57.2 Å². The lowest BCUT2D eigenvalue weighted by Gasteiger charge is -2.19. The van der Waals surface area contributed by atoms with Crippen molar-refractivity contribution in [3.63, 3.8) is 0 Å². The zero-order valence-electron chi connectivity index (χ0n) is 19.3. The normalized spacial score (nSPS) is 12.1. The Labute approximate surface area is 180 Å². The monoisotopic (exact) mass is 397 g/mol. The summed E-state index contributed by atoms with van der Waals surface area (Å²) in [6, 6.07) is 24.6. The van der Waals surface area contributed by atoms with Crippen LogP contribution in [0.25, 0.3) is 28.1 Å². The van der Waals surface area contributed by atoms with Crippen molar-refractivity contribution in [3.8, 4) is 17.1 Å². The van der Waals surface area contributed by atoms with Gasteiger partial charge < -0.3 is 0 Å². The van der Waals surface area contributed by atoms with E-state index in [4.69, 9.17) is 0 Å². The number of hydrogen-bond donors (Lipinski definition) is 0. The number of benzene rings is 3. The summed E-state index contributed by atoms with van der Waals surface area (Å²) in [5, 5.41) is 0. The molecule has 0 fully saturated rings. The zero-order valence-corrected chi connectivity index (χ0v) is 19.3. The van der Waals surface area contributed by atoms with E-state index >= 15 is 0 Å². The predicted octanol–water partition coefficient (Wildman–Crippen LogP) is 6.85. The Hall–Kier alpha value is -2.87. The number of aromatic nitrogens is 2. The van der Waals surface area contributed by atoms with Gasteiger partial charge in [0.25, 0.3) is 5.82 Å². The summed E-state index contributed by atoms with van der Waals surface area (Å²) in [7, 11) is 2.18. The van der Waals surface area contributed by atoms with Gasteiger partial charge in [-0.2, -0.15) is 4.57 Å². The van der Waals surface area contributed by atoms with Crippen LogP contribution in [0.3, 0.4) is 0 Å². The second-order valence-electron chi connectivity index (χ2n) is 9.73. The van der Waals surface area contributed by atoms with Gasteiger partial charge in [-0.3, -0.25) is 0 Å². The molecule has 154 valence electrons. The largest absolute Gasteiger partial charge is 0.295 e. The standard InChI is InChI=1S/C28H33N2/c1-19(2)21-13-12-20(3)24(18-21)27-29(7)25-10-8-9-11-26(25)30(27)23-16-14-22(15-17-23)28(4,5)6/h8-19H,1-7H3/q+1. The zero-order chi connectivity index (χ0) is 21.6. The molecule has 4 aromatic rings. The van der Waals surface area contributed by atoms with E-state index in [0.29, 0.717) is 5.92 Å². The van der Waals surface area contributed by atoms with E-state index in [9.17, 15) is 0 Å². The van der Waals surface area contributed by atoms with Gasteiger partial charge in [0.15, 0.2) is 11.0 Å². The fourth-order valence-electron chi connectivity index (χ4n) is 4.23. The molecule has 0 N–H and O–H groups in total. The Morgan fingerprint density at radius 3 is 2.17 bits per heavy atom. The van der Waals surface area contributed by atoms with E-state index in [1.807, 2.05) is 0 Å². The number of para-hydroxylation sites is 2. The van der Waals surface area contributed by atoms with Crippen LogP contribution >= 0.6 is 0 Å². The van der Waals surface area contributed by atoms with E-state index in [1.165, 1.54) is 44.8 Å². The molecule has 2 heteroatoms. The fraction of sp³-hybridized carbons (Fsp3) is 0.321. The Morgan fingerprint density at radius 2 is 1.53 bits per heavy atom. The first-order valence-electron chi connectivity index (χ1n) is 10.9. The van der Waals surface area contributed by atoms with Crippen LogP contribution in [-0.4, -0.2) is 4.57 Å². The molecule has 0 radical (unpaired) electrons. The minimum Gasteiger partial charge on any atom is -0.225 e. The van der Waals surface area contributed by atoms with E-state index in [1.54, 1.807) is 0 Å². The lowest BCUT2D eigenvalue weighted by atomic mass is 9.87. The molecule has 0 aliphatic rings. The molecule has 0 saturated carbocycles. The topological polar surface area (TPSA) is 8.81 Å². The minimum absolute atomic E-state index is 0.146. The molecule has 0 aliphatic carbocycles. The van der Waals surface area contributed by atoms with E-state index in [-0.39, 0.29) is 5.41 Å². The van der Waals surface area contributed by atoms with Gasteiger partial charge in [-0.25, -0.2) is 4.57 Å². The second kappa shape index (κ2) is 7.43. The molecule has 0 amide bonds. The first kappa shape index (κ1) is 20.4. The minimum atomic E-state index is 0.146. The lowest BCUT2D eigenvalue weighted by molar-refractivity contribution is -0.633. The van der Waals surface area contributed by atoms with Crippen LogP contribution in [0.5, 0.6) is 0 Å². The molecular formula is C28H33N2+. The first-order chi connectivity index (χ1) is 14.2. The van der Waals surface area contributed by atoms with Gasteiger partial charge in [-0.05, 0) is 65.3 Å². The maximum atomic E-state index is 2.41. The number of aryl methyl sites for hydroxylation is 2. The van der Waals surface area contributed by atoms with Crippen LogP contribution < -0.4 is 4.57 Å². The number of fused-ring (bicyclic) bond motifs is 1. The Bertz CT molecular complexity index is 1200. The fourth-order valence-corrected chi connectivity index (χ4v) is 4.23. The highest BCUT2D eigenvalue weighted by Crippen LogP contribution is 2.32. The van der Waals surface area contributed by atoms with Crippen molar-refractivity contribution in [1.82, 2.24) is 4.57 Å². The predicted molar refractivity (Wildman–Crippen MR) is 127 cm³/mol. The Morgan fingerprint density at radius 1 is 0.867 bits per heavy atom. The average Bonchev–Trinajstić information content (AvgIpc) is 3.00. The van der Waals surface area contributed by atoms with E-state index < -0.39 is 0 Å². The highest BCUT2D eigenvalue weighted by Gasteiger charge is 2.27. The molecule has 0 saturated heterocycles. The maximum absolute atomic E-state index is 2.41. The molecule has 30 heavy (non-hydrogen) atoms. The smallest absolute Gasteiger partial charge is 0.225 e. The summed E-state index contributed by atoms with van der Waals surface area (Å²) >= 11 is 0. The van der Waals surface area contributed by atoms with Gasteiger partial charge in [-0.1, -0.05) is 71.0 Å². The molecule has 4 rings (SSSR count). The number of rotatable bonds is 3. The van der Waals surface area contributed by atoms with Gasteiger partial charge in [0.05, 0.1) is 12.6 Å². The second-order valence-corrected chi connectivity index (χ2v) is 9.73. The van der Waals surface area contributed by atoms with Crippen LogP contribution in [0.2, 0.25) is 0 Å². The third kappa shape index (κ3) is 3.45. The van der Waals surface area contributed by atoms with Crippen LogP contribution in [0.4, 0.5) is 0 Å². The van der Waals surface area contributed by atoms with Crippen molar-refractivity contribution in [2.75, 3.05) is 0 Å².